The number of carbonyl (C=O) groups is 2. The Hall–Kier alpha value is -3.51. The molecule has 0 aliphatic carbocycles. The zero-order valence-corrected chi connectivity index (χ0v) is 18.7. The Morgan fingerprint density at radius 2 is 1.84 bits per heavy atom. The second-order valence-electron chi connectivity index (χ2n) is 7.48. The number of nitrogens with zero attached hydrogens (tertiary/aromatic N) is 4. The summed E-state index contributed by atoms with van der Waals surface area (Å²) < 4.78 is 15.7. The predicted molar refractivity (Wildman–Crippen MR) is 119 cm³/mol. The summed E-state index contributed by atoms with van der Waals surface area (Å²) >= 11 is 1.23. The lowest BCUT2D eigenvalue weighted by Crippen LogP contribution is -2.34. The Kier molecular flexibility index (Phi) is 7.38. The zero-order chi connectivity index (χ0) is 23.3. The summed E-state index contributed by atoms with van der Waals surface area (Å²) in [4.78, 5) is 25.1. The van der Waals surface area contributed by atoms with Gasteiger partial charge in [-0.1, -0.05) is 49.9 Å². The van der Waals surface area contributed by atoms with Gasteiger partial charge in [0.25, 0.3) is 5.91 Å². The molecule has 7 nitrogen and oxygen atoms in total. The molecule has 0 radical (unpaired) electrons. The number of hydrogen-bond donors (Lipinski definition) is 1. The Labute approximate surface area is 189 Å². The Balaban J connectivity index is 1.72. The third-order valence-corrected chi connectivity index (χ3v) is 5.91. The van der Waals surface area contributed by atoms with Crippen LogP contribution in [0.3, 0.4) is 0 Å². The molecule has 3 rings (SSSR count). The molecular weight excluding hydrogens is 429 g/mol. The number of nitrogens with one attached hydrogen (secondary N) is 1. The highest BCUT2D eigenvalue weighted by atomic mass is 32.2. The number of carbonyl (C=O) groups excluding carboxylic acids is 2. The lowest BCUT2D eigenvalue weighted by molar-refractivity contribution is 0.0917. The number of thioether (sulfide) groups is 1. The van der Waals surface area contributed by atoms with Gasteiger partial charge in [0.2, 0.25) is 0 Å². The summed E-state index contributed by atoms with van der Waals surface area (Å²) in [7, 11) is 1.76. The molecule has 0 bridgehead atoms. The van der Waals surface area contributed by atoms with Gasteiger partial charge >= 0.3 is 0 Å². The van der Waals surface area contributed by atoms with Crippen LogP contribution in [0.4, 0.5) is 4.39 Å². The van der Waals surface area contributed by atoms with Crippen molar-refractivity contribution in [1.82, 2.24) is 20.1 Å². The molecule has 32 heavy (non-hydrogen) atoms. The Morgan fingerprint density at radius 1 is 1.16 bits per heavy atom. The number of Topliss-reactive ketones (excluding diaryl/α,β-unsaturated/α-hetero) is 1. The van der Waals surface area contributed by atoms with Gasteiger partial charge in [0.05, 0.1) is 29.0 Å². The van der Waals surface area contributed by atoms with Crippen LogP contribution in [0.5, 0.6) is 0 Å². The molecule has 0 unspecified atom stereocenters. The monoisotopic (exact) mass is 451 g/mol. The van der Waals surface area contributed by atoms with Crippen LogP contribution in [-0.4, -0.2) is 32.2 Å². The van der Waals surface area contributed by atoms with Gasteiger partial charge in [0, 0.05) is 12.6 Å². The van der Waals surface area contributed by atoms with Crippen LogP contribution in [0.25, 0.3) is 0 Å². The van der Waals surface area contributed by atoms with Crippen molar-refractivity contribution in [1.29, 1.82) is 5.26 Å². The van der Waals surface area contributed by atoms with E-state index in [9.17, 15) is 14.0 Å². The Bertz CT molecular complexity index is 1170. The van der Waals surface area contributed by atoms with Gasteiger partial charge in [-0.3, -0.25) is 9.59 Å². The fourth-order valence-electron chi connectivity index (χ4n) is 3.06. The second-order valence-corrected chi connectivity index (χ2v) is 8.42. The third kappa shape index (κ3) is 5.21. The molecule has 1 N–H and O–H groups in total. The van der Waals surface area contributed by atoms with Crippen LogP contribution < -0.4 is 5.32 Å². The van der Waals surface area contributed by atoms with E-state index in [1.54, 1.807) is 41.9 Å². The van der Waals surface area contributed by atoms with E-state index in [-0.39, 0.29) is 23.0 Å². The summed E-state index contributed by atoms with van der Waals surface area (Å²) in [6.45, 7) is 3.84. The highest BCUT2D eigenvalue weighted by molar-refractivity contribution is 7.99. The van der Waals surface area contributed by atoms with Gasteiger partial charge in [0.1, 0.15) is 5.82 Å². The van der Waals surface area contributed by atoms with E-state index in [0.717, 1.165) is 0 Å². The number of benzene rings is 2. The first-order valence-corrected chi connectivity index (χ1v) is 10.9. The number of ketones is 1. The minimum Gasteiger partial charge on any atom is -0.342 e. The smallest absolute Gasteiger partial charge is 0.254 e. The molecule has 0 saturated carbocycles. The van der Waals surface area contributed by atoms with Gasteiger partial charge in [0.15, 0.2) is 16.8 Å². The van der Waals surface area contributed by atoms with E-state index < -0.39 is 17.8 Å². The number of rotatable bonds is 8. The molecule has 0 saturated heterocycles. The lowest BCUT2D eigenvalue weighted by atomic mass is 10.0. The van der Waals surface area contributed by atoms with Gasteiger partial charge < -0.3 is 9.88 Å². The molecule has 2 aromatic carbocycles. The fourth-order valence-corrected chi connectivity index (χ4v) is 3.87. The van der Waals surface area contributed by atoms with Crippen LogP contribution in [0, 0.1) is 23.1 Å². The molecule has 164 valence electrons. The summed E-state index contributed by atoms with van der Waals surface area (Å²) in [5, 5.41) is 20.6. The zero-order valence-electron chi connectivity index (χ0n) is 17.9. The van der Waals surface area contributed by atoms with Crippen LogP contribution in [-0.2, 0) is 7.05 Å². The Morgan fingerprint density at radius 3 is 2.47 bits per heavy atom. The van der Waals surface area contributed by atoms with Crippen LogP contribution >= 0.6 is 11.8 Å². The maximum absolute atomic E-state index is 14.0. The maximum atomic E-state index is 14.0. The molecule has 0 fully saturated rings. The SMILES string of the molecule is CC(C)[C@@H](NC(=O)c1ccccc1F)c1nnc(SCC(=O)c2ccc(C#N)cc2)n1C. The van der Waals surface area contributed by atoms with Crippen molar-refractivity contribution in [3.63, 3.8) is 0 Å². The molecular formula is C23H22FN5O2S. The van der Waals surface area contributed by atoms with Crippen molar-refractivity contribution in [2.45, 2.75) is 25.0 Å². The largest absolute Gasteiger partial charge is 0.342 e. The normalized spacial score (nSPS) is 11.8. The molecule has 1 aromatic heterocycles. The molecule has 1 heterocycles. The molecule has 3 aromatic rings. The second kappa shape index (κ2) is 10.2. The fraction of sp³-hybridized carbons (Fsp3) is 0.261. The molecule has 0 aliphatic heterocycles. The van der Waals surface area contributed by atoms with Crippen molar-refractivity contribution in [2.75, 3.05) is 5.75 Å². The molecule has 1 amide bonds. The lowest BCUT2D eigenvalue weighted by Gasteiger charge is -2.21. The van der Waals surface area contributed by atoms with Crippen molar-refractivity contribution in [3.05, 3.63) is 76.9 Å². The average molecular weight is 452 g/mol. The van der Waals surface area contributed by atoms with E-state index in [2.05, 4.69) is 15.5 Å². The van der Waals surface area contributed by atoms with Gasteiger partial charge in [-0.15, -0.1) is 10.2 Å². The first kappa shape index (κ1) is 23.2. The van der Waals surface area contributed by atoms with Gasteiger partial charge in [-0.25, -0.2) is 4.39 Å². The number of halogens is 1. The van der Waals surface area contributed by atoms with Gasteiger partial charge in [-0.05, 0) is 30.2 Å². The molecule has 1 atom stereocenters. The molecule has 9 heteroatoms. The standard InChI is InChI=1S/C23H22FN5O2S/c1-14(2)20(26-22(31)17-6-4-5-7-18(17)24)21-27-28-23(29(21)3)32-13-19(30)16-10-8-15(12-25)9-11-16/h4-11,14,20H,13H2,1-3H3,(H,26,31)/t20-/m1/s1. The third-order valence-electron chi connectivity index (χ3n) is 4.89. The highest BCUT2D eigenvalue weighted by Gasteiger charge is 2.26. The summed E-state index contributed by atoms with van der Waals surface area (Å²) in [5.41, 5.74) is 0.961. The molecule has 0 spiro atoms. The summed E-state index contributed by atoms with van der Waals surface area (Å²) in [5.74, 6) is -0.605. The average Bonchev–Trinajstić information content (AvgIpc) is 3.15. The predicted octanol–water partition coefficient (Wildman–Crippen LogP) is 3.93. The topological polar surface area (TPSA) is 101 Å². The minimum atomic E-state index is -0.594. The first-order valence-electron chi connectivity index (χ1n) is 9.92. The van der Waals surface area contributed by atoms with Crippen LogP contribution in [0.1, 0.15) is 52.0 Å². The van der Waals surface area contributed by atoms with Gasteiger partial charge in [-0.2, -0.15) is 5.26 Å². The van der Waals surface area contributed by atoms with Crippen molar-refractivity contribution in [2.24, 2.45) is 13.0 Å². The number of aromatic nitrogens is 3. The quantitative estimate of drug-likeness (QED) is 0.411. The number of nitriles is 1. The maximum Gasteiger partial charge on any atom is 0.254 e. The van der Waals surface area contributed by atoms with E-state index in [1.807, 2.05) is 19.9 Å². The first-order chi connectivity index (χ1) is 15.3. The summed E-state index contributed by atoms with van der Waals surface area (Å²) in [6, 6.07) is 13.8. The summed E-state index contributed by atoms with van der Waals surface area (Å²) in [6.07, 6.45) is 0. The van der Waals surface area contributed by atoms with E-state index in [0.29, 0.717) is 22.1 Å². The van der Waals surface area contributed by atoms with Crippen molar-refractivity contribution < 1.29 is 14.0 Å². The molecule has 0 aliphatic rings. The van der Waals surface area contributed by atoms with E-state index >= 15 is 0 Å². The van der Waals surface area contributed by atoms with Crippen molar-refractivity contribution >= 4 is 23.5 Å². The number of hydrogen-bond acceptors (Lipinski definition) is 6. The number of amides is 1. The van der Waals surface area contributed by atoms with Crippen LogP contribution in [0.2, 0.25) is 0 Å². The highest BCUT2D eigenvalue weighted by Crippen LogP contribution is 2.25. The van der Waals surface area contributed by atoms with E-state index in [4.69, 9.17) is 5.26 Å². The minimum absolute atomic E-state index is 0.0354. The van der Waals surface area contributed by atoms with E-state index in [1.165, 1.54) is 30.0 Å². The van der Waals surface area contributed by atoms with Crippen LogP contribution in [0.15, 0.2) is 53.7 Å². The van der Waals surface area contributed by atoms with Crippen molar-refractivity contribution in [3.8, 4) is 6.07 Å².